The number of carbonyl (C=O) groups is 5. The summed E-state index contributed by atoms with van der Waals surface area (Å²) < 4.78 is 15.1. The highest BCUT2D eigenvalue weighted by Crippen LogP contribution is 2.43. The van der Waals surface area contributed by atoms with Crippen molar-refractivity contribution in [1.82, 2.24) is 40.0 Å². The Morgan fingerprint density at radius 2 is 1.81 bits per heavy atom. The Kier molecular flexibility index (Phi) is 15.9. The summed E-state index contributed by atoms with van der Waals surface area (Å²) in [5.41, 5.74) is 12.0. The average Bonchev–Trinajstić information content (AvgIpc) is 3.91. The van der Waals surface area contributed by atoms with Crippen LogP contribution in [0.4, 0.5) is 0 Å². The maximum atomic E-state index is 15.1. The number of hydrogen-bond donors (Lipinski definition) is 2. The molecule has 6 bridgehead atoms. The van der Waals surface area contributed by atoms with E-state index in [0.29, 0.717) is 45.4 Å². The van der Waals surface area contributed by atoms with Crippen molar-refractivity contribution in [2.75, 3.05) is 60.6 Å². The molecule has 2 N–H and O–H groups in total. The van der Waals surface area contributed by atoms with E-state index in [1.165, 1.54) is 27.1 Å². The van der Waals surface area contributed by atoms with E-state index in [2.05, 4.69) is 118 Å². The third-order valence-corrected chi connectivity index (χ3v) is 16.6. The Morgan fingerprint density at radius 1 is 1.05 bits per heavy atom. The van der Waals surface area contributed by atoms with Crippen molar-refractivity contribution in [2.24, 2.45) is 11.3 Å². The van der Waals surface area contributed by atoms with Crippen LogP contribution in [-0.4, -0.2) is 157 Å². The van der Waals surface area contributed by atoms with Crippen molar-refractivity contribution < 1.29 is 33.4 Å². The number of benzene rings is 2. The lowest BCUT2D eigenvalue weighted by Gasteiger charge is -2.44. The highest BCUT2D eigenvalue weighted by Gasteiger charge is 2.47. The molecule has 0 unspecified atom stereocenters. The van der Waals surface area contributed by atoms with Crippen LogP contribution in [0.15, 0.2) is 61.2 Å². The second kappa shape index (κ2) is 21.5. The number of methoxy groups -OCH3 is 1. The lowest BCUT2D eigenvalue weighted by Crippen LogP contribution is -2.68. The molecule has 6 radical (unpaired) electrons. The number of hydrogen-bond acceptors (Lipinski definition) is 10. The fourth-order valence-corrected chi connectivity index (χ4v) is 12.3. The van der Waals surface area contributed by atoms with Gasteiger partial charge in [0.25, 0.3) is 5.91 Å². The molecule has 0 saturated carbocycles. The lowest BCUT2D eigenvalue weighted by atomic mass is 9.83. The standard InChI is InChI=1S/C56H72N8O7Si2/c1-11-46(65)62-24-21-56(73,31-62)52(68)61(9)48(34(3)4)50(66)58-43-26-36-15-13-16-37(25-36)38-17-18-45-40(27-38)42(29-54(6,7)32-71-33-55(53(69)72)20-14-22-64(59-55)51(43)67)49(63(45)12-2)41-28-39-19-23-60(8)30-44(39)57-47(41)35(5)70-10/h11,13,15-18,25,27-28,34-35,43,48,59H,1,12,14,19-24,26,29-33H2,2-10H3,(H,58,66)/t35-,43-,48-,55-,56-/m0/s1. The number of nitrogens with zero attached hydrogens (tertiary/aromatic N) is 6. The quantitative estimate of drug-likeness (QED) is 0.145. The van der Waals surface area contributed by atoms with Crippen LogP contribution in [0.5, 0.6) is 0 Å². The van der Waals surface area contributed by atoms with Gasteiger partial charge >= 0.3 is 0 Å². The highest BCUT2D eigenvalue weighted by molar-refractivity contribution is 6.60. The van der Waals surface area contributed by atoms with Gasteiger partial charge in [-0.05, 0) is 116 Å². The summed E-state index contributed by atoms with van der Waals surface area (Å²) in [4.78, 5) is 81.1. The van der Waals surface area contributed by atoms with Crippen molar-refractivity contribution in [1.29, 1.82) is 0 Å². The summed E-state index contributed by atoms with van der Waals surface area (Å²) in [5.74, 6) is -1.90. The lowest BCUT2D eigenvalue weighted by molar-refractivity contribution is -0.149. The van der Waals surface area contributed by atoms with Crippen LogP contribution in [0, 0.1) is 11.3 Å². The maximum absolute atomic E-state index is 15.1. The van der Waals surface area contributed by atoms with Crippen LogP contribution in [0.2, 0.25) is 5.04 Å². The Bertz CT molecular complexity index is 2810. The molecule has 15 nitrogen and oxygen atoms in total. The van der Waals surface area contributed by atoms with E-state index in [1.807, 2.05) is 26.0 Å². The van der Waals surface area contributed by atoms with E-state index in [9.17, 15) is 19.2 Å². The van der Waals surface area contributed by atoms with Gasteiger partial charge in [-0.1, -0.05) is 64.6 Å². The molecular formula is C56H72N8O7Si2. The molecule has 6 heterocycles. The molecule has 386 valence electrons. The molecule has 5 atom stereocenters. The number of hydrazine groups is 1. The Labute approximate surface area is 437 Å². The predicted octanol–water partition coefficient (Wildman–Crippen LogP) is 5.50. The first kappa shape index (κ1) is 54.0. The second-order valence-electron chi connectivity index (χ2n) is 22.0. The van der Waals surface area contributed by atoms with Gasteiger partial charge < -0.3 is 38.9 Å². The summed E-state index contributed by atoms with van der Waals surface area (Å²) in [7, 11) is 12.5. The van der Waals surface area contributed by atoms with Crippen molar-refractivity contribution in [3.63, 3.8) is 0 Å². The highest BCUT2D eigenvalue weighted by atomic mass is 28.1. The molecule has 8 rings (SSSR count). The summed E-state index contributed by atoms with van der Waals surface area (Å²) in [6.07, 6.45) is 3.88. The van der Waals surface area contributed by atoms with Gasteiger partial charge in [-0.25, -0.2) is 5.43 Å². The van der Waals surface area contributed by atoms with Crippen molar-refractivity contribution in [3.8, 4) is 22.4 Å². The minimum absolute atomic E-state index is 0.0136. The van der Waals surface area contributed by atoms with Crippen molar-refractivity contribution >= 4 is 60.4 Å². The smallest absolute Gasteiger partial charge is 0.259 e. The molecular weight excluding hydrogens is 953 g/mol. The molecule has 2 saturated heterocycles. The van der Waals surface area contributed by atoms with E-state index >= 15 is 4.79 Å². The Morgan fingerprint density at radius 3 is 2.51 bits per heavy atom. The monoisotopic (exact) mass is 1020 g/mol. The Hall–Kier alpha value is -5.31. The minimum atomic E-state index is -1.29. The third kappa shape index (κ3) is 10.8. The molecule has 73 heavy (non-hydrogen) atoms. The SMILES string of the molecule is C=CC(=O)N1CC[C@@]([Si])(C(=O)N(C)[C@H](C(=O)N[C@H]2Cc3cccc(c3)-c3ccc4c(c3)c(c(-c3cc5c(nc3[C@H](C)OC)CN(C)CC5)n4CC)CC(C)(C)COC[C@]3(C(=O)[Si])CCCN(N3)C2=O)C(C)C)C1. The van der Waals surface area contributed by atoms with Gasteiger partial charge in [-0.15, -0.1) is 0 Å². The second-order valence-corrected chi connectivity index (χ2v) is 23.4. The van der Waals surface area contributed by atoms with E-state index < -0.39 is 39.9 Å². The van der Waals surface area contributed by atoms with Crippen LogP contribution in [-0.2, 0) is 65.8 Å². The fourth-order valence-electron chi connectivity index (χ4n) is 11.5. The normalized spacial score (nSPS) is 23.4. The number of fused-ring (bicyclic) bond motifs is 7. The number of likely N-dealkylation sites (N-methyl/N-ethyl adjacent to an activating group) is 2. The van der Waals surface area contributed by atoms with Gasteiger partial charge in [0, 0.05) is 86.6 Å². The van der Waals surface area contributed by atoms with Gasteiger partial charge in [-0.2, -0.15) is 0 Å². The van der Waals surface area contributed by atoms with Gasteiger partial charge in [0.2, 0.25) is 17.7 Å². The molecule has 0 aliphatic carbocycles. The fraction of sp³-hybridized carbons (Fsp3) is 0.536. The summed E-state index contributed by atoms with van der Waals surface area (Å²) in [6.45, 7) is 19.4. The molecule has 4 amide bonds. The number of nitrogens with one attached hydrogen (secondary N) is 2. The van der Waals surface area contributed by atoms with Gasteiger partial charge in [0.05, 0.1) is 41.4 Å². The number of carbonyl (C=O) groups excluding carboxylic acids is 5. The zero-order valence-corrected chi connectivity index (χ0v) is 46.2. The van der Waals surface area contributed by atoms with Gasteiger partial charge in [0.1, 0.15) is 33.3 Å². The molecule has 17 heteroatoms. The number of likely N-dealkylation sites (tertiary alicyclic amines) is 1. The van der Waals surface area contributed by atoms with Crippen LogP contribution >= 0.6 is 0 Å². The maximum Gasteiger partial charge on any atom is 0.259 e. The number of ether oxygens (including phenoxy) is 2. The molecule has 2 aromatic carbocycles. The van der Waals surface area contributed by atoms with E-state index in [4.69, 9.17) is 14.5 Å². The molecule has 0 spiro atoms. The van der Waals surface area contributed by atoms with Crippen LogP contribution in [0.1, 0.15) is 95.0 Å². The molecule has 4 aliphatic heterocycles. The van der Waals surface area contributed by atoms with E-state index in [0.717, 1.165) is 69.7 Å². The van der Waals surface area contributed by atoms with Gasteiger partial charge in [-0.3, -0.25) is 29.2 Å². The number of amides is 4. The van der Waals surface area contributed by atoms with Gasteiger partial charge in [0.15, 0.2) is 0 Å². The topological polar surface area (TPSA) is 159 Å². The largest absolute Gasteiger partial charge is 0.378 e. The van der Waals surface area contributed by atoms with Crippen molar-refractivity contribution in [3.05, 3.63) is 89.3 Å². The summed E-state index contributed by atoms with van der Waals surface area (Å²) in [5, 5.41) is 4.20. The molecule has 4 aliphatic rings. The minimum Gasteiger partial charge on any atom is -0.378 e. The third-order valence-electron chi connectivity index (χ3n) is 15.5. The zero-order chi connectivity index (χ0) is 52.7. The van der Waals surface area contributed by atoms with Crippen molar-refractivity contribution in [2.45, 2.75) is 122 Å². The summed E-state index contributed by atoms with van der Waals surface area (Å²) in [6, 6.07) is 15.0. The number of aryl methyl sites for hydroxylation is 1. The first-order chi connectivity index (χ1) is 34.6. The Balaban J connectivity index is 1.23. The summed E-state index contributed by atoms with van der Waals surface area (Å²) >= 11 is 0. The number of rotatable bonds is 11. The average molecular weight is 1030 g/mol. The number of aromatic nitrogens is 2. The molecule has 2 fully saturated rings. The predicted molar refractivity (Wildman–Crippen MR) is 284 cm³/mol. The van der Waals surface area contributed by atoms with Crippen LogP contribution in [0.25, 0.3) is 33.3 Å². The first-order valence-electron chi connectivity index (χ1n) is 25.8. The zero-order valence-electron chi connectivity index (χ0n) is 44.2. The molecule has 2 aromatic heterocycles. The molecule has 4 aromatic rings. The van der Waals surface area contributed by atoms with E-state index in [1.54, 1.807) is 19.1 Å². The van der Waals surface area contributed by atoms with Crippen LogP contribution in [0.3, 0.4) is 0 Å². The van der Waals surface area contributed by atoms with E-state index in [-0.39, 0.29) is 55.4 Å². The van der Waals surface area contributed by atoms with Crippen LogP contribution < -0.4 is 10.7 Å². The number of pyridine rings is 1. The first-order valence-corrected chi connectivity index (χ1v) is 26.8.